The van der Waals surface area contributed by atoms with Gasteiger partial charge in [0.05, 0.1) is 19.4 Å². The molecule has 3 aromatic rings. The van der Waals surface area contributed by atoms with Crippen molar-refractivity contribution in [1.29, 1.82) is 0 Å². The molecule has 1 saturated heterocycles. The predicted molar refractivity (Wildman–Crippen MR) is 110 cm³/mol. The Kier molecular flexibility index (Phi) is 6.10. The van der Waals surface area contributed by atoms with Crippen LogP contribution in [0.5, 0.6) is 11.5 Å². The molecular formula is C23H26FN3O2. The Morgan fingerprint density at radius 1 is 1.14 bits per heavy atom. The summed E-state index contributed by atoms with van der Waals surface area (Å²) in [5.41, 5.74) is 3.34. The van der Waals surface area contributed by atoms with Gasteiger partial charge in [0.1, 0.15) is 17.3 Å². The fraction of sp³-hybridized carbons (Fsp3) is 0.348. The van der Waals surface area contributed by atoms with Crippen molar-refractivity contribution < 1.29 is 13.9 Å². The van der Waals surface area contributed by atoms with Crippen molar-refractivity contribution in [2.75, 3.05) is 26.8 Å². The number of aromatic amines is 1. The van der Waals surface area contributed by atoms with Crippen LogP contribution in [0.1, 0.15) is 29.3 Å². The maximum absolute atomic E-state index is 13.1. The zero-order valence-electron chi connectivity index (χ0n) is 16.6. The summed E-state index contributed by atoms with van der Waals surface area (Å²) in [6.07, 6.45) is 1.86. The first-order valence-corrected chi connectivity index (χ1v) is 9.97. The number of hydrogen-bond donors (Lipinski definition) is 1. The molecule has 0 radical (unpaired) electrons. The van der Waals surface area contributed by atoms with Gasteiger partial charge in [-0.1, -0.05) is 18.2 Å². The Morgan fingerprint density at radius 3 is 2.79 bits per heavy atom. The van der Waals surface area contributed by atoms with Crippen molar-refractivity contribution in [1.82, 2.24) is 15.1 Å². The molecule has 0 unspecified atom stereocenters. The van der Waals surface area contributed by atoms with E-state index in [-0.39, 0.29) is 5.82 Å². The molecule has 29 heavy (non-hydrogen) atoms. The van der Waals surface area contributed by atoms with E-state index in [1.165, 1.54) is 12.1 Å². The van der Waals surface area contributed by atoms with E-state index in [0.717, 1.165) is 60.9 Å². The summed E-state index contributed by atoms with van der Waals surface area (Å²) in [5, 5.41) is 7.67. The quantitative estimate of drug-likeness (QED) is 0.622. The van der Waals surface area contributed by atoms with E-state index in [0.29, 0.717) is 12.5 Å². The molecular weight excluding hydrogens is 369 g/mol. The monoisotopic (exact) mass is 395 g/mol. The molecule has 2 aromatic carbocycles. The first-order valence-electron chi connectivity index (χ1n) is 9.97. The van der Waals surface area contributed by atoms with Gasteiger partial charge in [-0.2, -0.15) is 5.10 Å². The molecule has 1 aliphatic rings. The first-order chi connectivity index (χ1) is 14.2. The highest BCUT2D eigenvalue weighted by Gasteiger charge is 2.25. The number of nitrogens with one attached hydrogen (secondary N) is 1. The zero-order chi connectivity index (χ0) is 20.1. The zero-order valence-corrected chi connectivity index (χ0v) is 16.6. The number of benzene rings is 2. The van der Waals surface area contributed by atoms with Crippen LogP contribution < -0.4 is 9.47 Å². The molecule has 2 heterocycles. The van der Waals surface area contributed by atoms with E-state index in [9.17, 15) is 4.39 Å². The topological polar surface area (TPSA) is 50.4 Å². The molecule has 1 N–H and O–H groups in total. The van der Waals surface area contributed by atoms with Gasteiger partial charge < -0.3 is 9.47 Å². The number of ether oxygens (including phenoxy) is 2. The minimum Gasteiger partial charge on any atom is -0.497 e. The summed E-state index contributed by atoms with van der Waals surface area (Å²) in [4.78, 5) is 2.40. The molecule has 0 amide bonds. The van der Waals surface area contributed by atoms with Crippen molar-refractivity contribution in [3.05, 3.63) is 77.4 Å². The van der Waals surface area contributed by atoms with Crippen molar-refractivity contribution in [3.63, 3.8) is 0 Å². The lowest BCUT2D eigenvalue weighted by atomic mass is 10.0. The Labute approximate surface area is 170 Å². The fourth-order valence-corrected chi connectivity index (χ4v) is 3.75. The summed E-state index contributed by atoms with van der Waals surface area (Å²) in [6.45, 7) is 3.43. The second-order valence-corrected chi connectivity index (χ2v) is 7.44. The van der Waals surface area contributed by atoms with E-state index in [1.807, 2.05) is 36.4 Å². The number of hydrogen-bond acceptors (Lipinski definition) is 4. The minimum absolute atomic E-state index is 0.188. The average Bonchev–Trinajstić information content (AvgIpc) is 3.39. The third kappa shape index (κ3) is 5.15. The van der Waals surface area contributed by atoms with Gasteiger partial charge in [0.2, 0.25) is 0 Å². The normalized spacial score (nSPS) is 16.8. The lowest BCUT2D eigenvalue weighted by Crippen LogP contribution is -2.19. The van der Waals surface area contributed by atoms with E-state index in [4.69, 9.17) is 9.47 Å². The SMILES string of the molecule is COc1cccc(OCCc2cc([C@H]3CCN(Cc4ccc(F)cc4)C3)n[nH]2)c1. The van der Waals surface area contributed by atoms with Crippen LogP contribution in [0.2, 0.25) is 0 Å². The molecule has 6 heteroatoms. The lowest BCUT2D eigenvalue weighted by Gasteiger charge is -2.15. The fourth-order valence-electron chi connectivity index (χ4n) is 3.75. The van der Waals surface area contributed by atoms with Crippen LogP contribution in [0.3, 0.4) is 0 Å². The van der Waals surface area contributed by atoms with Gasteiger partial charge in [0.25, 0.3) is 0 Å². The number of likely N-dealkylation sites (tertiary alicyclic amines) is 1. The van der Waals surface area contributed by atoms with Crippen molar-refractivity contribution in [2.45, 2.75) is 25.3 Å². The maximum Gasteiger partial charge on any atom is 0.123 e. The molecule has 1 aliphatic heterocycles. The summed E-state index contributed by atoms with van der Waals surface area (Å²) in [6, 6.07) is 16.5. The van der Waals surface area contributed by atoms with Crippen LogP contribution >= 0.6 is 0 Å². The highest BCUT2D eigenvalue weighted by atomic mass is 19.1. The highest BCUT2D eigenvalue weighted by Crippen LogP contribution is 2.27. The molecule has 1 fully saturated rings. The van der Waals surface area contributed by atoms with E-state index < -0.39 is 0 Å². The second-order valence-electron chi connectivity index (χ2n) is 7.44. The van der Waals surface area contributed by atoms with Gasteiger partial charge in [0, 0.05) is 37.2 Å². The largest absolute Gasteiger partial charge is 0.497 e. The number of methoxy groups -OCH3 is 1. The number of nitrogens with zero attached hydrogens (tertiary/aromatic N) is 2. The van der Waals surface area contributed by atoms with E-state index in [2.05, 4.69) is 21.2 Å². The maximum atomic E-state index is 13.1. The smallest absolute Gasteiger partial charge is 0.123 e. The van der Waals surface area contributed by atoms with Gasteiger partial charge in [-0.25, -0.2) is 4.39 Å². The highest BCUT2D eigenvalue weighted by molar-refractivity contribution is 5.32. The Hall–Kier alpha value is -2.86. The van der Waals surface area contributed by atoms with E-state index >= 15 is 0 Å². The van der Waals surface area contributed by atoms with Gasteiger partial charge in [-0.3, -0.25) is 10.00 Å². The van der Waals surface area contributed by atoms with E-state index in [1.54, 1.807) is 7.11 Å². The van der Waals surface area contributed by atoms with Gasteiger partial charge >= 0.3 is 0 Å². The summed E-state index contributed by atoms with van der Waals surface area (Å²) >= 11 is 0. The first kappa shape index (κ1) is 19.5. The number of rotatable bonds is 8. The molecule has 152 valence electrons. The van der Waals surface area contributed by atoms with Crippen molar-refractivity contribution >= 4 is 0 Å². The Bertz CT molecular complexity index is 926. The van der Waals surface area contributed by atoms with Crippen LogP contribution in [0.25, 0.3) is 0 Å². The Morgan fingerprint density at radius 2 is 1.97 bits per heavy atom. The van der Waals surface area contributed by atoms with Crippen LogP contribution in [-0.4, -0.2) is 41.9 Å². The van der Waals surface area contributed by atoms with Gasteiger partial charge in [-0.15, -0.1) is 0 Å². The summed E-state index contributed by atoms with van der Waals surface area (Å²) in [7, 11) is 1.65. The van der Waals surface area contributed by atoms with Crippen LogP contribution in [0.4, 0.5) is 4.39 Å². The molecule has 0 saturated carbocycles. The lowest BCUT2D eigenvalue weighted by molar-refractivity contribution is 0.317. The third-order valence-corrected chi connectivity index (χ3v) is 5.34. The summed E-state index contributed by atoms with van der Waals surface area (Å²) in [5.74, 6) is 1.83. The second kappa shape index (κ2) is 9.09. The number of aromatic nitrogens is 2. The molecule has 0 spiro atoms. The van der Waals surface area contributed by atoms with Gasteiger partial charge in [-0.05, 0) is 48.9 Å². The third-order valence-electron chi connectivity index (χ3n) is 5.34. The van der Waals surface area contributed by atoms with Crippen LogP contribution in [0.15, 0.2) is 54.6 Å². The molecule has 4 rings (SSSR count). The molecule has 5 nitrogen and oxygen atoms in total. The van der Waals surface area contributed by atoms with Crippen molar-refractivity contribution in [2.24, 2.45) is 0 Å². The average molecular weight is 395 g/mol. The van der Waals surface area contributed by atoms with Crippen LogP contribution in [0, 0.1) is 5.82 Å². The predicted octanol–water partition coefficient (Wildman–Crippen LogP) is 4.17. The minimum atomic E-state index is -0.188. The molecule has 1 aromatic heterocycles. The summed E-state index contributed by atoms with van der Waals surface area (Å²) < 4.78 is 24.1. The molecule has 1 atom stereocenters. The Balaban J connectivity index is 1.26. The number of halogens is 1. The van der Waals surface area contributed by atoms with Crippen LogP contribution in [-0.2, 0) is 13.0 Å². The van der Waals surface area contributed by atoms with Crippen molar-refractivity contribution in [3.8, 4) is 11.5 Å². The number of H-pyrrole nitrogens is 1. The molecule has 0 bridgehead atoms. The molecule has 0 aliphatic carbocycles. The standard InChI is InChI=1S/C23H26FN3O2/c1-28-21-3-2-4-22(14-21)29-12-10-20-13-23(26-25-20)18-9-11-27(16-18)15-17-5-7-19(24)8-6-17/h2-8,13-14,18H,9-12,15-16H2,1H3,(H,25,26)/t18-/m0/s1. The van der Waals surface area contributed by atoms with Gasteiger partial charge in [0.15, 0.2) is 0 Å².